The first-order chi connectivity index (χ1) is 8.97. The second-order valence-corrected chi connectivity index (χ2v) is 4.66. The van der Waals surface area contributed by atoms with E-state index in [9.17, 15) is 9.18 Å². The number of rotatable bonds is 2. The summed E-state index contributed by atoms with van der Waals surface area (Å²) in [5.74, 6) is -1.31. The summed E-state index contributed by atoms with van der Waals surface area (Å²) >= 11 is 11.6. The molecule has 2 aromatic rings. The highest BCUT2D eigenvalue weighted by Gasteiger charge is 2.14. The minimum atomic E-state index is -0.665. The lowest BCUT2D eigenvalue weighted by Crippen LogP contribution is -2.14. The number of carbonyl (C=O) groups excluding carboxylic acids is 1. The minimum absolute atomic E-state index is 0.161. The van der Waals surface area contributed by atoms with Crippen LogP contribution in [-0.4, -0.2) is 5.91 Å². The van der Waals surface area contributed by atoms with Gasteiger partial charge < -0.3 is 11.1 Å². The van der Waals surface area contributed by atoms with Gasteiger partial charge in [0.1, 0.15) is 5.82 Å². The predicted molar refractivity (Wildman–Crippen MR) is 75.2 cm³/mol. The molecule has 0 unspecified atom stereocenters. The van der Waals surface area contributed by atoms with Crippen LogP contribution in [0.2, 0.25) is 10.0 Å². The van der Waals surface area contributed by atoms with Gasteiger partial charge in [-0.3, -0.25) is 4.79 Å². The fraction of sp³-hybridized carbons (Fsp3) is 0. The molecule has 0 aliphatic heterocycles. The van der Waals surface area contributed by atoms with Gasteiger partial charge in [-0.05, 0) is 36.4 Å². The van der Waals surface area contributed by atoms with Crippen LogP contribution in [-0.2, 0) is 0 Å². The van der Waals surface area contributed by atoms with E-state index in [1.165, 1.54) is 18.2 Å². The highest BCUT2D eigenvalue weighted by atomic mass is 35.5. The molecule has 0 aliphatic carbocycles. The molecule has 0 spiro atoms. The van der Waals surface area contributed by atoms with Gasteiger partial charge in [0.05, 0.1) is 16.3 Å². The fourth-order valence-corrected chi connectivity index (χ4v) is 1.84. The minimum Gasteiger partial charge on any atom is -0.399 e. The first-order valence-electron chi connectivity index (χ1n) is 5.29. The lowest BCUT2D eigenvalue weighted by molar-refractivity contribution is 0.102. The van der Waals surface area contributed by atoms with Gasteiger partial charge in [0.15, 0.2) is 0 Å². The van der Waals surface area contributed by atoms with E-state index in [1.54, 1.807) is 12.1 Å². The van der Waals surface area contributed by atoms with Gasteiger partial charge in [-0.1, -0.05) is 23.2 Å². The third kappa shape index (κ3) is 3.16. The Balaban J connectivity index is 2.30. The molecule has 0 fully saturated rings. The Bertz CT molecular complexity index is 647. The van der Waals surface area contributed by atoms with Crippen LogP contribution in [0.3, 0.4) is 0 Å². The van der Waals surface area contributed by atoms with Crippen molar-refractivity contribution in [2.24, 2.45) is 0 Å². The second-order valence-electron chi connectivity index (χ2n) is 3.82. The third-order valence-electron chi connectivity index (χ3n) is 2.41. The lowest BCUT2D eigenvalue weighted by atomic mass is 10.2. The van der Waals surface area contributed by atoms with Crippen molar-refractivity contribution in [3.63, 3.8) is 0 Å². The van der Waals surface area contributed by atoms with E-state index in [0.29, 0.717) is 16.4 Å². The van der Waals surface area contributed by atoms with E-state index < -0.39 is 11.7 Å². The molecule has 0 saturated heterocycles. The first-order valence-corrected chi connectivity index (χ1v) is 6.04. The highest BCUT2D eigenvalue weighted by molar-refractivity contribution is 6.34. The van der Waals surface area contributed by atoms with Crippen LogP contribution >= 0.6 is 23.2 Å². The summed E-state index contributed by atoms with van der Waals surface area (Å²) in [5, 5.41) is 3.06. The number of nitrogens with two attached hydrogens (primary N) is 1. The molecular weight excluding hydrogens is 290 g/mol. The maximum Gasteiger partial charge on any atom is 0.258 e. The van der Waals surface area contributed by atoms with Crippen molar-refractivity contribution >= 4 is 40.5 Å². The number of amides is 1. The summed E-state index contributed by atoms with van der Waals surface area (Å²) in [5.41, 5.74) is 6.18. The molecule has 0 radical (unpaired) electrons. The lowest BCUT2D eigenvalue weighted by Gasteiger charge is -2.09. The van der Waals surface area contributed by atoms with Crippen molar-refractivity contribution in [2.45, 2.75) is 0 Å². The van der Waals surface area contributed by atoms with Crippen LogP contribution in [0.5, 0.6) is 0 Å². The molecule has 2 rings (SSSR count). The molecule has 2 aromatic carbocycles. The Morgan fingerprint density at radius 1 is 1.16 bits per heavy atom. The molecular formula is C13H9Cl2FN2O. The fourth-order valence-electron chi connectivity index (χ4n) is 1.50. The van der Waals surface area contributed by atoms with Gasteiger partial charge in [0.2, 0.25) is 0 Å². The standard InChI is InChI=1S/C13H9Cl2FN2O/c14-7-1-4-11(16)9(5-7)13(19)18-12-6-8(17)2-3-10(12)15/h1-6H,17H2,(H,18,19). The van der Waals surface area contributed by atoms with Gasteiger partial charge in [0, 0.05) is 10.7 Å². The maximum atomic E-state index is 13.5. The SMILES string of the molecule is Nc1ccc(Cl)c(NC(=O)c2cc(Cl)ccc2F)c1. The Morgan fingerprint density at radius 3 is 2.63 bits per heavy atom. The zero-order valence-electron chi connectivity index (χ0n) is 9.58. The van der Waals surface area contributed by atoms with Crippen molar-refractivity contribution < 1.29 is 9.18 Å². The van der Waals surface area contributed by atoms with Crippen LogP contribution in [0.1, 0.15) is 10.4 Å². The molecule has 3 N–H and O–H groups in total. The number of benzene rings is 2. The maximum absolute atomic E-state index is 13.5. The smallest absolute Gasteiger partial charge is 0.258 e. The summed E-state index contributed by atoms with van der Waals surface area (Å²) in [4.78, 5) is 11.9. The molecule has 3 nitrogen and oxygen atoms in total. The summed E-state index contributed by atoms with van der Waals surface area (Å²) in [6.07, 6.45) is 0. The average molecular weight is 299 g/mol. The molecule has 0 aliphatic rings. The third-order valence-corrected chi connectivity index (χ3v) is 2.98. The first kappa shape index (κ1) is 13.6. The molecule has 1 amide bonds. The Morgan fingerprint density at radius 2 is 1.89 bits per heavy atom. The quantitative estimate of drug-likeness (QED) is 0.824. The number of hydrogen-bond acceptors (Lipinski definition) is 2. The summed E-state index contributed by atoms with van der Waals surface area (Å²) < 4.78 is 13.5. The molecule has 0 atom stereocenters. The van der Waals surface area contributed by atoms with Crippen molar-refractivity contribution in [2.75, 3.05) is 11.1 Å². The number of nitrogen functional groups attached to an aromatic ring is 1. The van der Waals surface area contributed by atoms with Crippen LogP contribution in [0, 0.1) is 5.82 Å². The summed E-state index contributed by atoms with van der Waals surface area (Å²) in [6, 6.07) is 8.35. The van der Waals surface area contributed by atoms with Gasteiger partial charge >= 0.3 is 0 Å². The van der Waals surface area contributed by atoms with E-state index in [-0.39, 0.29) is 10.6 Å². The van der Waals surface area contributed by atoms with Gasteiger partial charge in [-0.25, -0.2) is 4.39 Å². The second kappa shape index (κ2) is 5.47. The van der Waals surface area contributed by atoms with E-state index >= 15 is 0 Å². The average Bonchev–Trinajstić information content (AvgIpc) is 2.36. The molecule has 98 valence electrons. The zero-order chi connectivity index (χ0) is 14.0. The molecule has 0 bridgehead atoms. The largest absolute Gasteiger partial charge is 0.399 e. The molecule has 6 heteroatoms. The van der Waals surface area contributed by atoms with E-state index in [1.807, 2.05) is 0 Å². The normalized spacial score (nSPS) is 10.3. The number of halogens is 3. The zero-order valence-corrected chi connectivity index (χ0v) is 11.1. The van der Waals surface area contributed by atoms with Crippen molar-refractivity contribution in [3.8, 4) is 0 Å². The van der Waals surface area contributed by atoms with Gasteiger partial charge in [0.25, 0.3) is 5.91 Å². The number of hydrogen-bond donors (Lipinski definition) is 2. The number of anilines is 2. The molecule has 0 saturated carbocycles. The Labute approximate surface area is 119 Å². The topological polar surface area (TPSA) is 55.1 Å². The number of carbonyl (C=O) groups is 1. The van der Waals surface area contributed by atoms with Crippen LogP contribution in [0.15, 0.2) is 36.4 Å². The number of nitrogens with one attached hydrogen (secondary N) is 1. The van der Waals surface area contributed by atoms with Crippen molar-refractivity contribution in [1.29, 1.82) is 0 Å². The predicted octanol–water partition coefficient (Wildman–Crippen LogP) is 3.97. The summed E-state index contributed by atoms with van der Waals surface area (Å²) in [6.45, 7) is 0. The molecule has 0 aromatic heterocycles. The molecule has 0 heterocycles. The van der Waals surface area contributed by atoms with Crippen LogP contribution in [0.25, 0.3) is 0 Å². The Hall–Kier alpha value is -1.78. The Kier molecular flexibility index (Phi) is 3.93. The van der Waals surface area contributed by atoms with Crippen LogP contribution < -0.4 is 11.1 Å². The van der Waals surface area contributed by atoms with Gasteiger partial charge in [-0.2, -0.15) is 0 Å². The van der Waals surface area contributed by atoms with E-state index in [0.717, 1.165) is 6.07 Å². The van der Waals surface area contributed by atoms with Crippen LogP contribution in [0.4, 0.5) is 15.8 Å². The highest BCUT2D eigenvalue weighted by Crippen LogP contribution is 2.25. The van der Waals surface area contributed by atoms with Crippen molar-refractivity contribution in [1.82, 2.24) is 0 Å². The summed E-state index contributed by atoms with van der Waals surface area (Å²) in [7, 11) is 0. The van der Waals surface area contributed by atoms with Crippen molar-refractivity contribution in [3.05, 3.63) is 57.8 Å². The van der Waals surface area contributed by atoms with E-state index in [2.05, 4.69) is 5.32 Å². The van der Waals surface area contributed by atoms with Gasteiger partial charge in [-0.15, -0.1) is 0 Å². The molecule has 19 heavy (non-hydrogen) atoms. The monoisotopic (exact) mass is 298 g/mol. The van der Waals surface area contributed by atoms with E-state index in [4.69, 9.17) is 28.9 Å².